The van der Waals surface area contributed by atoms with Crippen LogP contribution < -0.4 is 11.1 Å². The summed E-state index contributed by atoms with van der Waals surface area (Å²) in [5.41, 5.74) is 9.94. The van der Waals surface area contributed by atoms with Gasteiger partial charge in [-0.05, 0) is 49.9 Å². The zero-order valence-electron chi connectivity index (χ0n) is 11.6. The second kappa shape index (κ2) is 4.72. The monoisotopic (exact) mass is 255 g/mol. The largest absolute Gasteiger partial charge is 0.399 e. The smallest absolute Gasteiger partial charge is 0.0727 e. The summed E-state index contributed by atoms with van der Waals surface area (Å²) in [7, 11) is 0. The van der Waals surface area contributed by atoms with Crippen LogP contribution in [0.15, 0.2) is 24.3 Å². The third kappa shape index (κ3) is 2.50. The third-order valence-electron chi connectivity index (χ3n) is 3.88. The van der Waals surface area contributed by atoms with E-state index in [0.29, 0.717) is 6.04 Å². The average Bonchev–Trinajstić information content (AvgIpc) is 3.09. The lowest BCUT2D eigenvalue weighted by Gasteiger charge is -2.11. The minimum atomic E-state index is 0.631. The second-order valence-electron chi connectivity index (χ2n) is 5.62. The Hall–Kier alpha value is -1.77. The Morgan fingerprint density at radius 1 is 1.37 bits per heavy atom. The molecule has 0 amide bonds. The highest BCUT2D eigenvalue weighted by molar-refractivity contribution is 5.93. The van der Waals surface area contributed by atoms with E-state index in [1.54, 1.807) is 0 Å². The summed E-state index contributed by atoms with van der Waals surface area (Å²) in [6, 6.07) is 8.69. The molecule has 3 N–H and O–H groups in total. The minimum Gasteiger partial charge on any atom is -0.399 e. The molecule has 0 spiro atoms. The number of nitrogen functional groups attached to an aromatic ring is 1. The van der Waals surface area contributed by atoms with E-state index < -0.39 is 0 Å². The van der Waals surface area contributed by atoms with Crippen LogP contribution in [0.4, 0.5) is 11.4 Å². The molecule has 1 saturated carbocycles. The van der Waals surface area contributed by atoms with Gasteiger partial charge in [0.2, 0.25) is 0 Å². The number of fused-ring (bicyclic) bond motifs is 1. The SMILES string of the molecule is CCCC1CC1Nc1cc(C)nc2ccc(N)cc12. The van der Waals surface area contributed by atoms with Gasteiger partial charge >= 0.3 is 0 Å². The van der Waals surface area contributed by atoms with Gasteiger partial charge in [-0.3, -0.25) is 4.98 Å². The normalized spacial score (nSPS) is 21.6. The Labute approximate surface area is 114 Å². The van der Waals surface area contributed by atoms with Crippen LogP contribution in [0, 0.1) is 12.8 Å². The molecule has 2 atom stereocenters. The molecule has 100 valence electrons. The molecule has 1 aromatic heterocycles. The number of pyridine rings is 1. The first kappa shape index (κ1) is 12.3. The van der Waals surface area contributed by atoms with Crippen molar-refractivity contribution < 1.29 is 0 Å². The van der Waals surface area contributed by atoms with Crippen LogP contribution in [-0.4, -0.2) is 11.0 Å². The molecule has 0 bridgehead atoms. The van der Waals surface area contributed by atoms with Crippen LogP contribution in [-0.2, 0) is 0 Å². The molecular weight excluding hydrogens is 234 g/mol. The number of nitrogens with one attached hydrogen (secondary N) is 1. The molecule has 2 aromatic rings. The number of nitrogens with two attached hydrogens (primary N) is 1. The van der Waals surface area contributed by atoms with Crippen molar-refractivity contribution in [3.8, 4) is 0 Å². The molecule has 0 saturated heterocycles. The van der Waals surface area contributed by atoms with E-state index in [4.69, 9.17) is 5.73 Å². The van der Waals surface area contributed by atoms with Gasteiger partial charge < -0.3 is 11.1 Å². The summed E-state index contributed by atoms with van der Waals surface area (Å²) in [5.74, 6) is 0.842. The summed E-state index contributed by atoms with van der Waals surface area (Å²) in [6.45, 7) is 4.29. The molecule has 0 radical (unpaired) electrons. The van der Waals surface area contributed by atoms with Gasteiger partial charge in [0.25, 0.3) is 0 Å². The van der Waals surface area contributed by atoms with Gasteiger partial charge in [0.1, 0.15) is 0 Å². The van der Waals surface area contributed by atoms with Crippen molar-refractivity contribution >= 4 is 22.3 Å². The Bertz CT molecular complexity index is 606. The Morgan fingerprint density at radius 2 is 2.21 bits per heavy atom. The number of benzene rings is 1. The van der Waals surface area contributed by atoms with E-state index in [1.807, 2.05) is 25.1 Å². The van der Waals surface area contributed by atoms with Crippen LogP contribution in [0.25, 0.3) is 10.9 Å². The lowest BCUT2D eigenvalue weighted by molar-refractivity contribution is 0.693. The molecule has 1 aromatic carbocycles. The van der Waals surface area contributed by atoms with Crippen molar-refractivity contribution in [3.05, 3.63) is 30.0 Å². The molecule has 0 aliphatic heterocycles. The average molecular weight is 255 g/mol. The van der Waals surface area contributed by atoms with Gasteiger partial charge in [-0.15, -0.1) is 0 Å². The first-order valence-corrected chi connectivity index (χ1v) is 7.11. The van der Waals surface area contributed by atoms with Crippen molar-refractivity contribution in [1.82, 2.24) is 4.98 Å². The highest BCUT2D eigenvalue weighted by Gasteiger charge is 2.36. The molecule has 1 aliphatic rings. The number of hydrogen-bond acceptors (Lipinski definition) is 3. The number of rotatable bonds is 4. The van der Waals surface area contributed by atoms with E-state index in [1.165, 1.54) is 24.9 Å². The topological polar surface area (TPSA) is 50.9 Å². The number of anilines is 2. The van der Waals surface area contributed by atoms with Gasteiger partial charge in [0, 0.05) is 28.5 Å². The van der Waals surface area contributed by atoms with Crippen LogP contribution >= 0.6 is 0 Å². The van der Waals surface area contributed by atoms with Gasteiger partial charge in [-0.1, -0.05) is 13.3 Å². The minimum absolute atomic E-state index is 0.631. The van der Waals surface area contributed by atoms with E-state index in [-0.39, 0.29) is 0 Å². The molecule has 3 nitrogen and oxygen atoms in total. The van der Waals surface area contributed by atoms with E-state index in [9.17, 15) is 0 Å². The fourth-order valence-corrected chi connectivity index (χ4v) is 2.81. The highest BCUT2D eigenvalue weighted by atomic mass is 15.0. The van der Waals surface area contributed by atoms with Crippen LogP contribution in [0.2, 0.25) is 0 Å². The molecule has 2 unspecified atom stereocenters. The number of aryl methyl sites for hydroxylation is 1. The standard InChI is InChI=1S/C16H21N3/c1-3-4-11-8-15(11)19-16-7-10(2)18-14-6-5-12(17)9-13(14)16/h5-7,9,11,15H,3-4,8,17H2,1-2H3,(H,18,19). The molecule has 3 rings (SSSR count). The molecule has 1 aliphatic carbocycles. The lowest BCUT2D eigenvalue weighted by atomic mass is 10.1. The summed E-state index contributed by atoms with van der Waals surface area (Å²) in [4.78, 5) is 4.56. The van der Waals surface area contributed by atoms with Crippen molar-refractivity contribution in [2.75, 3.05) is 11.1 Å². The number of aromatic nitrogens is 1. The van der Waals surface area contributed by atoms with Gasteiger partial charge in [-0.25, -0.2) is 0 Å². The van der Waals surface area contributed by atoms with Crippen LogP contribution in [0.3, 0.4) is 0 Å². The predicted octanol–water partition coefficient (Wildman–Crippen LogP) is 3.73. The fourth-order valence-electron chi connectivity index (χ4n) is 2.81. The first-order chi connectivity index (χ1) is 9.17. The summed E-state index contributed by atoms with van der Waals surface area (Å²) < 4.78 is 0. The Kier molecular flexibility index (Phi) is 3.05. The maximum atomic E-state index is 5.90. The molecule has 3 heteroatoms. The summed E-state index contributed by atoms with van der Waals surface area (Å²) in [6.07, 6.45) is 3.88. The van der Waals surface area contributed by atoms with Gasteiger partial charge in [0.05, 0.1) is 5.52 Å². The third-order valence-corrected chi connectivity index (χ3v) is 3.88. The van der Waals surface area contributed by atoms with Gasteiger partial charge in [0.15, 0.2) is 0 Å². The summed E-state index contributed by atoms with van der Waals surface area (Å²) in [5, 5.41) is 4.80. The quantitative estimate of drug-likeness (QED) is 0.818. The maximum absolute atomic E-state index is 5.90. The zero-order valence-corrected chi connectivity index (χ0v) is 11.6. The Balaban J connectivity index is 1.91. The van der Waals surface area contributed by atoms with Crippen LogP contribution in [0.5, 0.6) is 0 Å². The zero-order chi connectivity index (χ0) is 13.4. The maximum Gasteiger partial charge on any atom is 0.0727 e. The molecule has 1 heterocycles. The lowest BCUT2D eigenvalue weighted by Crippen LogP contribution is -2.06. The van der Waals surface area contributed by atoms with Crippen molar-refractivity contribution in [3.63, 3.8) is 0 Å². The van der Waals surface area contributed by atoms with Crippen molar-refractivity contribution in [2.45, 2.75) is 39.2 Å². The summed E-state index contributed by atoms with van der Waals surface area (Å²) >= 11 is 0. The predicted molar refractivity (Wildman–Crippen MR) is 81.3 cm³/mol. The Morgan fingerprint density at radius 3 is 3.00 bits per heavy atom. The first-order valence-electron chi connectivity index (χ1n) is 7.11. The van der Waals surface area contributed by atoms with Crippen molar-refractivity contribution in [2.24, 2.45) is 5.92 Å². The van der Waals surface area contributed by atoms with E-state index in [0.717, 1.165) is 28.2 Å². The van der Waals surface area contributed by atoms with E-state index in [2.05, 4.69) is 23.3 Å². The fraction of sp³-hybridized carbons (Fsp3) is 0.438. The van der Waals surface area contributed by atoms with Gasteiger partial charge in [-0.2, -0.15) is 0 Å². The highest BCUT2D eigenvalue weighted by Crippen LogP contribution is 2.38. The number of hydrogen-bond donors (Lipinski definition) is 2. The molecule has 1 fully saturated rings. The molecular formula is C16H21N3. The van der Waals surface area contributed by atoms with Crippen LogP contribution in [0.1, 0.15) is 31.9 Å². The second-order valence-corrected chi connectivity index (χ2v) is 5.62. The van der Waals surface area contributed by atoms with Crippen molar-refractivity contribution in [1.29, 1.82) is 0 Å². The molecule has 19 heavy (non-hydrogen) atoms. The number of nitrogens with zero attached hydrogens (tertiary/aromatic N) is 1. The van der Waals surface area contributed by atoms with E-state index >= 15 is 0 Å².